The fourth-order valence-electron chi connectivity index (χ4n) is 3.76. The first kappa shape index (κ1) is 22.0. The summed E-state index contributed by atoms with van der Waals surface area (Å²) in [5, 5.41) is 4.31. The van der Waals surface area contributed by atoms with E-state index in [4.69, 9.17) is 11.6 Å². The molecule has 6 nitrogen and oxygen atoms in total. The summed E-state index contributed by atoms with van der Waals surface area (Å²) in [6, 6.07) is 12.7. The van der Waals surface area contributed by atoms with Gasteiger partial charge in [0.2, 0.25) is 5.91 Å². The van der Waals surface area contributed by atoms with Gasteiger partial charge in [-0.2, -0.15) is 9.78 Å². The third kappa shape index (κ3) is 4.50. The van der Waals surface area contributed by atoms with Crippen molar-refractivity contribution in [2.75, 3.05) is 31.1 Å². The Bertz CT molecular complexity index is 1160. The number of carbonyl (C=O) groups is 1. The van der Waals surface area contributed by atoms with Crippen LogP contribution in [-0.2, 0) is 11.2 Å². The summed E-state index contributed by atoms with van der Waals surface area (Å²) in [5.41, 5.74) is 0.647. The molecule has 1 saturated heterocycles. The summed E-state index contributed by atoms with van der Waals surface area (Å²) >= 11 is 6.36. The number of carbonyl (C=O) groups excluding carboxylic acids is 1. The molecule has 1 aliphatic rings. The van der Waals surface area contributed by atoms with Gasteiger partial charge in [0.05, 0.1) is 17.6 Å². The molecule has 0 radical (unpaired) electrons. The number of benzene rings is 2. The third-order valence-corrected chi connectivity index (χ3v) is 5.88. The van der Waals surface area contributed by atoms with Crippen LogP contribution in [0.1, 0.15) is 12.0 Å². The second-order valence-electron chi connectivity index (χ2n) is 7.46. The molecular formula is C23H21ClF2N4O2. The van der Waals surface area contributed by atoms with E-state index >= 15 is 0 Å². The van der Waals surface area contributed by atoms with Crippen molar-refractivity contribution in [3.8, 4) is 5.69 Å². The molecule has 1 amide bonds. The average molecular weight is 459 g/mol. The number of amides is 1. The van der Waals surface area contributed by atoms with Gasteiger partial charge in [0.25, 0.3) is 5.56 Å². The van der Waals surface area contributed by atoms with Crippen molar-refractivity contribution in [2.45, 2.75) is 12.8 Å². The number of nitrogens with zero attached hydrogens (tertiary/aromatic N) is 4. The number of hydrogen-bond acceptors (Lipinski definition) is 4. The lowest BCUT2D eigenvalue weighted by atomic mass is 10.1. The van der Waals surface area contributed by atoms with Crippen LogP contribution in [0.25, 0.3) is 5.69 Å². The lowest BCUT2D eigenvalue weighted by Gasteiger charge is -2.36. The van der Waals surface area contributed by atoms with Crippen LogP contribution in [-0.4, -0.2) is 46.8 Å². The van der Waals surface area contributed by atoms with Crippen molar-refractivity contribution in [1.29, 1.82) is 0 Å². The van der Waals surface area contributed by atoms with Gasteiger partial charge < -0.3 is 9.80 Å². The zero-order valence-electron chi connectivity index (χ0n) is 17.2. The number of aromatic nitrogens is 2. The predicted molar refractivity (Wildman–Crippen MR) is 118 cm³/mol. The zero-order chi connectivity index (χ0) is 22.7. The summed E-state index contributed by atoms with van der Waals surface area (Å²) in [4.78, 5) is 28.8. The largest absolute Gasteiger partial charge is 0.365 e. The molecule has 32 heavy (non-hydrogen) atoms. The van der Waals surface area contributed by atoms with Crippen LogP contribution in [0.15, 0.2) is 59.5 Å². The quantitative estimate of drug-likeness (QED) is 0.587. The van der Waals surface area contributed by atoms with Crippen molar-refractivity contribution in [2.24, 2.45) is 0 Å². The van der Waals surface area contributed by atoms with Gasteiger partial charge in [0.15, 0.2) is 0 Å². The van der Waals surface area contributed by atoms with Gasteiger partial charge in [-0.25, -0.2) is 8.78 Å². The predicted octanol–water partition coefficient (Wildman–Crippen LogP) is 3.45. The van der Waals surface area contributed by atoms with E-state index in [0.717, 1.165) is 0 Å². The van der Waals surface area contributed by atoms with E-state index in [0.29, 0.717) is 37.6 Å². The molecule has 1 aromatic heterocycles. The Morgan fingerprint density at radius 3 is 2.28 bits per heavy atom. The summed E-state index contributed by atoms with van der Waals surface area (Å²) in [5.74, 6) is -1.46. The van der Waals surface area contributed by atoms with Gasteiger partial charge in [-0.15, -0.1) is 0 Å². The van der Waals surface area contributed by atoms with Gasteiger partial charge >= 0.3 is 0 Å². The summed E-state index contributed by atoms with van der Waals surface area (Å²) in [7, 11) is 0. The minimum atomic E-state index is -0.644. The van der Waals surface area contributed by atoms with Crippen molar-refractivity contribution in [3.05, 3.63) is 87.3 Å². The van der Waals surface area contributed by atoms with Gasteiger partial charge in [-0.05, 0) is 30.7 Å². The molecule has 0 unspecified atom stereocenters. The molecule has 1 fully saturated rings. The molecule has 4 rings (SSSR count). The summed E-state index contributed by atoms with van der Waals surface area (Å²) in [6.45, 7) is 1.76. The highest BCUT2D eigenvalue weighted by atomic mass is 35.5. The van der Waals surface area contributed by atoms with E-state index in [1.807, 2.05) is 23.1 Å². The molecule has 0 atom stereocenters. The maximum absolute atomic E-state index is 13.8. The third-order valence-electron chi connectivity index (χ3n) is 5.52. The number of piperazine rings is 1. The number of anilines is 1. The molecular weight excluding hydrogens is 438 g/mol. The van der Waals surface area contributed by atoms with Crippen molar-refractivity contribution >= 4 is 23.2 Å². The maximum atomic E-state index is 13.8. The Labute approximate surface area is 188 Å². The molecule has 0 aliphatic carbocycles. The lowest BCUT2D eigenvalue weighted by molar-refractivity contribution is -0.131. The minimum absolute atomic E-state index is 0.00498. The van der Waals surface area contributed by atoms with Crippen molar-refractivity contribution in [3.63, 3.8) is 0 Å². The van der Waals surface area contributed by atoms with E-state index in [-0.39, 0.29) is 29.3 Å². The van der Waals surface area contributed by atoms with E-state index in [9.17, 15) is 18.4 Å². The van der Waals surface area contributed by atoms with Crippen molar-refractivity contribution in [1.82, 2.24) is 14.7 Å². The topological polar surface area (TPSA) is 58.4 Å². The molecule has 9 heteroatoms. The van der Waals surface area contributed by atoms with Crippen LogP contribution in [0, 0.1) is 11.6 Å². The smallest absolute Gasteiger partial charge is 0.292 e. The SMILES string of the molecule is O=C(CCc1c(F)cccc1F)N1CCN(c2cnn(-c3ccccc3)c(=O)c2Cl)CC1. The van der Waals surface area contributed by atoms with Gasteiger partial charge in [-0.3, -0.25) is 9.59 Å². The van der Waals surface area contributed by atoms with Gasteiger partial charge in [0.1, 0.15) is 16.7 Å². The average Bonchev–Trinajstić information content (AvgIpc) is 2.81. The first-order chi connectivity index (χ1) is 15.5. The second kappa shape index (κ2) is 9.48. The molecule has 3 aromatic rings. The van der Waals surface area contributed by atoms with Crippen LogP contribution < -0.4 is 10.5 Å². The monoisotopic (exact) mass is 458 g/mol. The standard InChI is InChI=1S/C23H21ClF2N4O2/c24-22-20(15-27-30(23(22)32)16-5-2-1-3-6-16)28-11-13-29(14-12-28)21(31)10-9-17-18(25)7-4-8-19(17)26/h1-8,15H,9-14H2. The Balaban J connectivity index is 1.39. The molecule has 166 valence electrons. The lowest BCUT2D eigenvalue weighted by Crippen LogP contribution is -2.49. The Morgan fingerprint density at radius 2 is 1.62 bits per heavy atom. The second-order valence-corrected chi connectivity index (χ2v) is 7.84. The van der Waals surface area contributed by atoms with E-state index in [2.05, 4.69) is 5.10 Å². The molecule has 2 heterocycles. The minimum Gasteiger partial charge on any atom is -0.365 e. The first-order valence-electron chi connectivity index (χ1n) is 10.2. The van der Waals surface area contributed by atoms with E-state index < -0.39 is 17.2 Å². The number of halogens is 3. The van der Waals surface area contributed by atoms with E-state index in [1.165, 1.54) is 22.9 Å². The molecule has 1 aliphatic heterocycles. The number of rotatable bonds is 5. The number of hydrogen-bond donors (Lipinski definition) is 0. The fraction of sp³-hybridized carbons (Fsp3) is 0.261. The normalized spacial score (nSPS) is 14.0. The highest BCUT2D eigenvalue weighted by Crippen LogP contribution is 2.23. The first-order valence-corrected chi connectivity index (χ1v) is 10.6. The van der Waals surface area contributed by atoms with Gasteiger partial charge in [-0.1, -0.05) is 35.9 Å². The molecule has 0 saturated carbocycles. The molecule has 0 N–H and O–H groups in total. The fourth-order valence-corrected chi connectivity index (χ4v) is 4.00. The Hall–Kier alpha value is -3.26. The van der Waals surface area contributed by atoms with E-state index in [1.54, 1.807) is 23.2 Å². The molecule has 0 bridgehead atoms. The highest BCUT2D eigenvalue weighted by Gasteiger charge is 2.24. The van der Waals surface area contributed by atoms with Crippen LogP contribution >= 0.6 is 11.6 Å². The van der Waals surface area contributed by atoms with Crippen LogP contribution in [0.3, 0.4) is 0 Å². The summed E-state index contributed by atoms with van der Waals surface area (Å²) in [6.07, 6.45) is 1.58. The van der Waals surface area contributed by atoms with Crippen LogP contribution in [0.2, 0.25) is 5.02 Å². The summed E-state index contributed by atoms with van der Waals surface area (Å²) < 4.78 is 28.8. The van der Waals surface area contributed by atoms with Crippen molar-refractivity contribution < 1.29 is 13.6 Å². The van der Waals surface area contributed by atoms with Gasteiger partial charge in [0, 0.05) is 38.2 Å². The molecule has 2 aromatic carbocycles. The Kier molecular flexibility index (Phi) is 6.50. The number of para-hydroxylation sites is 1. The zero-order valence-corrected chi connectivity index (χ0v) is 17.9. The molecule has 0 spiro atoms. The maximum Gasteiger partial charge on any atom is 0.292 e. The van der Waals surface area contributed by atoms with Crippen LogP contribution in [0.5, 0.6) is 0 Å². The Morgan fingerprint density at radius 1 is 0.969 bits per heavy atom. The highest BCUT2D eigenvalue weighted by molar-refractivity contribution is 6.33. The van der Waals surface area contributed by atoms with Crippen LogP contribution in [0.4, 0.5) is 14.5 Å².